The Morgan fingerprint density at radius 3 is 1.42 bits per heavy atom. The Balaban J connectivity index is 1.51. The van der Waals surface area contributed by atoms with E-state index in [9.17, 15) is 31.0 Å². The summed E-state index contributed by atoms with van der Waals surface area (Å²) in [5.41, 5.74) is 6.50. The maximum atomic E-state index is 11.4. The topological polar surface area (TPSA) is 227 Å². The van der Waals surface area contributed by atoms with Crippen LogP contribution in [0.5, 0.6) is 11.5 Å². The zero-order valence-electron chi connectivity index (χ0n) is 23.2. The first-order valence-electron chi connectivity index (χ1n) is 13.2. The average molecular weight is 611 g/mol. The molecule has 4 aromatic carbocycles. The Bertz CT molecular complexity index is 1680. The lowest BCUT2D eigenvalue weighted by atomic mass is 10.2. The number of phenols is 2. The van der Waals surface area contributed by atoms with Crippen molar-refractivity contribution in [2.24, 2.45) is 10.2 Å². The molecule has 16 heteroatoms. The Hall–Kier alpha value is -6.01. The van der Waals surface area contributed by atoms with Crippen molar-refractivity contribution in [1.29, 1.82) is 0 Å². The summed E-state index contributed by atoms with van der Waals surface area (Å²) < 4.78 is 0. The summed E-state index contributed by atoms with van der Waals surface area (Å²) in [4.78, 5) is 15.1. The van der Waals surface area contributed by atoms with Crippen LogP contribution >= 0.6 is 0 Å². The second kappa shape index (κ2) is 14.0. The van der Waals surface area contributed by atoms with Gasteiger partial charge in [0.25, 0.3) is 0 Å². The van der Waals surface area contributed by atoms with Gasteiger partial charge in [-0.1, -0.05) is 48.5 Å². The molecule has 0 amide bonds. The molecule has 1 aromatic heterocycles. The first kappa shape index (κ1) is 30.4. The Morgan fingerprint density at radius 2 is 1.02 bits per heavy atom. The molecule has 1 heterocycles. The van der Waals surface area contributed by atoms with Gasteiger partial charge in [0, 0.05) is 34.6 Å². The van der Waals surface area contributed by atoms with Crippen LogP contribution in [0.15, 0.2) is 107 Å². The van der Waals surface area contributed by atoms with Crippen molar-refractivity contribution in [3.05, 3.63) is 119 Å². The molecule has 5 rings (SSSR count). The fourth-order valence-electron chi connectivity index (χ4n) is 4.09. The number of aromatic nitrogens is 3. The Morgan fingerprint density at radius 1 is 0.600 bits per heavy atom. The fraction of sp³-hybridized carbons (Fsp3) is 0. The van der Waals surface area contributed by atoms with Crippen molar-refractivity contribution in [1.82, 2.24) is 15.0 Å². The monoisotopic (exact) mass is 610 g/mol. The van der Waals surface area contributed by atoms with Gasteiger partial charge in [0.2, 0.25) is 29.2 Å². The van der Waals surface area contributed by atoms with E-state index < -0.39 is 22.0 Å². The highest BCUT2D eigenvalue weighted by molar-refractivity contribution is 5.86. The summed E-state index contributed by atoms with van der Waals surface area (Å²) in [6.07, 6.45) is 2.42. The van der Waals surface area contributed by atoms with E-state index >= 15 is 0 Å². The lowest BCUT2D eigenvalue weighted by molar-refractivity contribution is -0.991. The highest BCUT2D eigenvalue weighted by Crippen LogP contribution is 2.32. The third kappa shape index (κ3) is 7.32. The summed E-state index contributed by atoms with van der Waals surface area (Å²) in [6.45, 7) is 0. The van der Waals surface area contributed by atoms with Gasteiger partial charge < -0.3 is 20.6 Å². The zero-order valence-corrected chi connectivity index (χ0v) is 23.2. The smallest absolute Gasteiger partial charge is 0.250 e. The van der Waals surface area contributed by atoms with E-state index in [1.807, 2.05) is 60.7 Å². The van der Waals surface area contributed by atoms with Crippen LogP contribution in [0.4, 0.5) is 40.6 Å². The largest absolute Gasteiger partial charge is 0.595 e. The van der Waals surface area contributed by atoms with Gasteiger partial charge in [-0.15, -0.1) is 0 Å². The standard InChI is InChI=1S/C29H26N10O6/c40-25-19(9-7-15-23(25)38(42)43)17-30-35-27-32-28(36-31-18-20-10-8-16-24(26(20)41)39(44)45)34-29(33-27)37(21-11-3-1-4-12-21)22-13-5-2-6-14-22/h1-18,38-42,44H,(H2,32,33,34,35,36). The SMILES string of the molecule is [O-][NH+](O)c1cccc(C=NNc2nc(NN=Cc3cccc([NH+]([O-])O)c3O)nc(N(c3ccccc3)c3ccccc3)n2)c1O. The number of hydrogen-bond acceptors (Lipinski definition) is 14. The lowest BCUT2D eigenvalue weighted by Gasteiger charge is -2.23. The third-order valence-electron chi connectivity index (χ3n) is 6.18. The molecule has 0 saturated heterocycles. The summed E-state index contributed by atoms with van der Waals surface area (Å²) in [6, 6.07) is 27.0. The van der Waals surface area contributed by atoms with E-state index in [0.717, 1.165) is 11.4 Å². The van der Waals surface area contributed by atoms with Crippen LogP contribution in [-0.2, 0) is 0 Å². The van der Waals surface area contributed by atoms with Crippen LogP contribution in [0, 0.1) is 10.4 Å². The molecule has 45 heavy (non-hydrogen) atoms. The van der Waals surface area contributed by atoms with E-state index in [-0.39, 0.29) is 40.3 Å². The van der Waals surface area contributed by atoms with E-state index in [1.54, 1.807) is 4.90 Å². The van der Waals surface area contributed by atoms with Gasteiger partial charge in [0.15, 0.2) is 11.5 Å². The van der Waals surface area contributed by atoms with E-state index in [2.05, 4.69) is 36.0 Å². The molecule has 16 nitrogen and oxygen atoms in total. The number of hydrogen-bond donors (Lipinski definition) is 8. The highest BCUT2D eigenvalue weighted by atomic mass is 16.8. The Kier molecular flexibility index (Phi) is 9.46. The van der Waals surface area contributed by atoms with Crippen LogP contribution in [0.3, 0.4) is 0 Å². The number of nitrogens with one attached hydrogen (secondary N) is 4. The van der Waals surface area contributed by atoms with Crippen molar-refractivity contribution >= 4 is 53.0 Å². The van der Waals surface area contributed by atoms with E-state index in [1.165, 1.54) is 48.8 Å². The fourth-order valence-corrected chi connectivity index (χ4v) is 4.09. The number of anilines is 5. The van der Waals surface area contributed by atoms with Gasteiger partial charge in [0.1, 0.15) is 0 Å². The maximum Gasteiger partial charge on any atom is 0.250 e. The van der Waals surface area contributed by atoms with Crippen molar-refractivity contribution < 1.29 is 31.1 Å². The summed E-state index contributed by atoms with van der Waals surface area (Å²) >= 11 is 0. The van der Waals surface area contributed by atoms with Crippen LogP contribution in [0.2, 0.25) is 0 Å². The van der Waals surface area contributed by atoms with Gasteiger partial charge in [-0.05, 0) is 36.4 Å². The molecule has 0 aliphatic rings. The van der Waals surface area contributed by atoms with E-state index in [4.69, 9.17) is 0 Å². The number of quaternary nitrogens is 2. The van der Waals surface area contributed by atoms with Crippen molar-refractivity contribution in [3.63, 3.8) is 0 Å². The third-order valence-corrected chi connectivity index (χ3v) is 6.18. The van der Waals surface area contributed by atoms with Gasteiger partial charge in [0.05, 0.1) is 12.4 Å². The molecular weight excluding hydrogens is 584 g/mol. The molecule has 0 saturated carbocycles. The van der Waals surface area contributed by atoms with Gasteiger partial charge in [-0.3, -0.25) is 4.90 Å². The minimum Gasteiger partial charge on any atom is -0.595 e. The first-order chi connectivity index (χ1) is 21.8. The Labute approximate surface area is 255 Å². The molecule has 0 spiro atoms. The van der Waals surface area contributed by atoms with Crippen LogP contribution in [0.25, 0.3) is 0 Å². The van der Waals surface area contributed by atoms with Gasteiger partial charge in [-0.2, -0.15) is 35.6 Å². The molecule has 8 N–H and O–H groups in total. The van der Waals surface area contributed by atoms with Crippen LogP contribution < -0.4 is 26.2 Å². The summed E-state index contributed by atoms with van der Waals surface area (Å²) in [7, 11) is 0. The van der Waals surface area contributed by atoms with E-state index in [0.29, 0.717) is 0 Å². The van der Waals surface area contributed by atoms with Gasteiger partial charge >= 0.3 is 0 Å². The highest BCUT2D eigenvalue weighted by Gasteiger charge is 2.18. The van der Waals surface area contributed by atoms with Crippen molar-refractivity contribution in [3.8, 4) is 11.5 Å². The number of hydrazone groups is 2. The quantitative estimate of drug-likeness (QED) is 0.0613. The molecule has 0 fully saturated rings. The summed E-state index contributed by atoms with van der Waals surface area (Å²) in [5.74, 6) is -0.855. The molecule has 2 atom stereocenters. The molecule has 228 valence electrons. The number of rotatable bonds is 11. The molecule has 0 bridgehead atoms. The van der Waals surface area contributed by atoms with Crippen molar-refractivity contribution in [2.75, 3.05) is 15.8 Å². The normalized spacial score (nSPS) is 12.7. The minimum atomic E-state index is -1.29. The molecule has 0 radical (unpaired) electrons. The number of benzene rings is 4. The number of nitrogens with zero attached hydrogens (tertiary/aromatic N) is 6. The number of para-hydroxylation sites is 4. The van der Waals surface area contributed by atoms with Gasteiger partial charge in [-0.25, -0.2) is 21.3 Å². The predicted molar refractivity (Wildman–Crippen MR) is 165 cm³/mol. The zero-order chi connectivity index (χ0) is 31.8. The lowest BCUT2D eigenvalue weighted by Crippen LogP contribution is -2.99. The molecule has 5 aromatic rings. The summed E-state index contributed by atoms with van der Waals surface area (Å²) in [5, 5.41) is 67.5. The molecule has 0 aliphatic carbocycles. The van der Waals surface area contributed by atoms with Crippen molar-refractivity contribution in [2.45, 2.75) is 0 Å². The maximum absolute atomic E-state index is 11.4. The van der Waals surface area contributed by atoms with Crippen LogP contribution in [-0.4, -0.2) is 48.0 Å². The molecular formula is C29H26N10O6. The second-order valence-corrected chi connectivity index (χ2v) is 9.13. The first-order valence-corrected chi connectivity index (χ1v) is 13.2. The molecule has 0 aliphatic heterocycles. The predicted octanol–water partition coefficient (Wildman–Crippen LogP) is 2.45. The molecule has 2 unspecified atom stereocenters. The minimum absolute atomic E-state index is 0.0459. The number of phenolic OH excluding ortho intramolecular Hbond substituents is 2. The number of aromatic hydroxyl groups is 2. The second-order valence-electron chi connectivity index (χ2n) is 9.13. The van der Waals surface area contributed by atoms with Crippen LogP contribution in [0.1, 0.15) is 11.1 Å². The average Bonchev–Trinajstić information content (AvgIpc) is 3.03.